The van der Waals surface area contributed by atoms with Gasteiger partial charge in [0.2, 0.25) is 0 Å². The summed E-state index contributed by atoms with van der Waals surface area (Å²) in [4.78, 5) is 0. The minimum absolute atomic E-state index is 0.355. The van der Waals surface area contributed by atoms with Gasteiger partial charge < -0.3 is 5.11 Å². The van der Waals surface area contributed by atoms with E-state index >= 15 is 0 Å². The van der Waals surface area contributed by atoms with Crippen LogP contribution in [0.25, 0.3) is 0 Å². The Labute approximate surface area is 139 Å². The number of rotatable bonds is 15. The molecule has 0 aliphatic heterocycles. The third-order valence-electron chi connectivity index (χ3n) is 4.56. The maximum atomic E-state index is 9.59. The fourth-order valence-corrected chi connectivity index (χ4v) is 2.73. The zero-order valence-electron chi connectivity index (χ0n) is 15.0. The van der Waals surface area contributed by atoms with Crippen molar-refractivity contribution in [1.82, 2.24) is 0 Å². The Morgan fingerprint density at radius 3 is 1.77 bits per heavy atom. The van der Waals surface area contributed by atoms with E-state index in [9.17, 15) is 5.11 Å². The summed E-state index contributed by atoms with van der Waals surface area (Å²) >= 11 is 0. The standard InChI is InChI=1S/C21H38O/c1-4-6-18-21(22)19-16-14-12-10-8-7-9-11-13-15-17-20(3)5-2/h1,6,18,20-22H,5,7-17,19H2,2-3H3/b18-6-. The fraction of sp³-hybridized carbons (Fsp3) is 0.810. The van der Waals surface area contributed by atoms with Crippen molar-refractivity contribution in [2.24, 2.45) is 5.92 Å². The Balaban J connectivity index is 3.15. The third-order valence-corrected chi connectivity index (χ3v) is 4.56. The van der Waals surface area contributed by atoms with Gasteiger partial charge in [-0.2, -0.15) is 0 Å². The Morgan fingerprint density at radius 2 is 1.32 bits per heavy atom. The van der Waals surface area contributed by atoms with Gasteiger partial charge in [0, 0.05) is 0 Å². The van der Waals surface area contributed by atoms with E-state index in [4.69, 9.17) is 6.42 Å². The van der Waals surface area contributed by atoms with Gasteiger partial charge in [-0.1, -0.05) is 96.8 Å². The molecule has 0 saturated heterocycles. The minimum Gasteiger partial charge on any atom is -0.389 e. The molecular formula is C21H38O. The number of hydrogen-bond acceptors (Lipinski definition) is 1. The lowest BCUT2D eigenvalue weighted by Crippen LogP contribution is -2.01. The second-order valence-electron chi connectivity index (χ2n) is 6.72. The van der Waals surface area contributed by atoms with Crippen LogP contribution in [0.3, 0.4) is 0 Å². The molecule has 1 nitrogen and oxygen atoms in total. The molecule has 0 spiro atoms. The summed E-state index contributed by atoms with van der Waals surface area (Å²) in [6, 6.07) is 0. The zero-order valence-corrected chi connectivity index (χ0v) is 15.0. The quantitative estimate of drug-likeness (QED) is 0.279. The monoisotopic (exact) mass is 306 g/mol. The lowest BCUT2D eigenvalue weighted by atomic mass is 9.99. The Kier molecular flexibility index (Phi) is 16.1. The first-order valence-electron chi connectivity index (χ1n) is 9.51. The van der Waals surface area contributed by atoms with Crippen LogP contribution in [0.5, 0.6) is 0 Å². The summed E-state index contributed by atoms with van der Waals surface area (Å²) < 4.78 is 0. The molecule has 0 heterocycles. The highest BCUT2D eigenvalue weighted by Gasteiger charge is 1.99. The second kappa shape index (κ2) is 16.6. The Hall–Kier alpha value is -0.740. The number of hydrogen-bond donors (Lipinski definition) is 1. The van der Waals surface area contributed by atoms with Crippen molar-refractivity contribution in [1.29, 1.82) is 0 Å². The molecule has 2 unspecified atom stereocenters. The van der Waals surface area contributed by atoms with Gasteiger partial charge >= 0.3 is 0 Å². The highest BCUT2D eigenvalue weighted by Crippen LogP contribution is 2.15. The van der Waals surface area contributed by atoms with E-state index in [2.05, 4.69) is 19.8 Å². The topological polar surface area (TPSA) is 20.2 Å². The number of aliphatic hydroxyl groups excluding tert-OH is 1. The van der Waals surface area contributed by atoms with Crippen molar-refractivity contribution in [3.8, 4) is 12.3 Å². The van der Waals surface area contributed by atoms with E-state index in [0.717, 1.165) is 18.8 Å². The van der Waals surface area contributed by atoms with Crippen LogP contribution in [0, 0.1) is 18.3 Å². The van der Waals surface area contributed by atoms with Crippen LogP contribution in [0.1, 0.15) is 97.3 Å². The molecule has 0 rings (SSSR count). The molecule has 0 bridgehead atoms. The van der Waals surface area contributed by atoms with Gasteiger partial charge in [0.05, 0.1) is 6.10 Å². The molecule has 0 aromatic rings. The van der Waals surface area contributed by atoms with Gasteiger partial charge in [-0.25, -0.2) is 0 Å². The van der Waals surface area contributed by atoms with Crippen LogP contribution in [0.15, 0.2) is 12.2 Å². The summed E-state index contributed by atoms with van der Waals surface area (Å²) in [5, 5.41) is 9.59. The van der Waals surface area contributed by atoms with Crippen LogP contribution < -0.4 is 0 Å². The molecule has 0 aromatic heterocycles. The van der Waals surface area contributed by atoms with Crippen molar-refractivity contribution >= 4 is 0 Å². The second-order valence-corrected chi connectivity index (χ2v) is 6.72. The number of terminal acetylenes is 1. The third kappa shape index (κ3) is 15.6. The number of unbranched alkanes of at least 4 members (excludes halogenated alkanes) is 9. The molecule has 0 radical (unpaired) electrons. The molecule has 128 valence electrons. The summed E-state index contributed by atoms with van der Waals surface area (Å²) in [5.41, 5.74) is 0. The van der Waals surface area contributed by atoms with E-state index in [1.807, 2.05) is 0 Å². The predicted octanol–water partition coefficient (Wildman–Crippen LogP) is 6.26. The van der Waals surface area contributed by atoms with E-state index in [1.165, 1.54) is 70.6 Å². The Morgan fingerprint density at radius 1 is 0.864 bits per heavy atom. The summed E-state index contributed by atoms with van der Waals surface area (Å²) in [6.07, 6.45) is 25.1. The van der Waals surface area contributed by atoms with Crippen LogP contribution >= 0.6 is 0 Å². The molecular weight excluding hydrogens is 268 g/mol. The molecule has 0 amide bonds. The van der Waals surface area contributed by atoms with Crippen LogP contribution in [-0.4, -0.2) is 11.2 Å². The van der Waals surface area contributed by atoms with E-state index < -0.39 is 0 Å². The fourth-order valence-electron chi connectivity index (χ4n) is 2.73. The SMILES string of the molecule is C#C/C=C\C(O)CCCCCCCCCCCCC(C)CC. The molecule has 0 aromatic carbocycles. The average Bonchev–Trinajstić information content (AvgIpc) is 2.53. The summed E-state index contributed by atoms with van der Waals surface area (Å²) in [6.45, 7) is 4.66. The van der Waals surface area contributed by atoms with Crippen molar-refractivity contribution in [2.45, 2.75) is 103 Å². The lowest BCUT2D eigenvalue weighted by Gasteiger charge is -2.07. The molecule has 0 fully saturated rings. The maximum Gasteiger partial charge on any atom is 0.0730 e. The van der Waals surface area contributed by atoms with Crippen LogP contribution in [0.2, 0.25) is 0 Å². The summed E-state index contributed by atoms with van der Waals surface area (Å²) in [7, 11) is 0. The highest BCUT2D eigenvalue weighted by atomic mass is 16.3. The lowest BCUT2D eigenvalue weighted by molar-refractivity contribution is 0.208. The van der Waals surface area contributed by atoms with E-state index in [0.29, 0.717) is 0 Å². The summed E-state index contributed by atoms with van der Waals surface area (Å²) in [5.74, 6) is 3.33. The average molecular weight is 307 g/mol. The van der Waals surface area contributed by atoms with Gasteiger partial charge in [0.1, 0.15) is 0 Å². The molecule has 2 atom stereocenters. The van der Waals surface area contributed by atoms with Crippen molar-refractivity contribution in [3.63, 3.8) is 0 Å². The van der Waals surface area contributed by atoms with Gasteiger partial charge in [-0.05, 0) is 24.5 Å². The minimum atomic E-state index is -0.355. The van der Waals surface area contributed by atoms with E-state index in [-0.39, 0.29) is 6.10 Å². The molecule has 0 saturated carbocycles. The molecule has 1 N–H and O–H groups in total. The van der Waals surface area contributed by atoms with E-state index in [1.54, 1.807) is 12.2 Å². The molecule has 0 aliphatic rings. The largest absolute Gasteiger partial charge is 0.389 e. The number of allylic oxidation sites excluding steroid dienone is 1. The van der Waals surface area contributed by atoms with Crippen molar-refractivity contribution in [2.75, 3.05) is 0 Å². The first-order chi connectivity index (χ1) is 10.7. The van der Waals surface area contributed by atoms with Gasteiger partial charge in [-0.15, -0.1) is 6.42 Å². The first kappa shape index (κ1) is 21.3. The van der Waals surface area contributed by atoms with Crippen molar-refractivity contribution in [3.05, 3.63) is 12.2 Å². The molecule has 1 heteroatoms. The van der Waals surface area contributed by atoms with Crippen LogP contribution in [0.4, 0.5) is 0 Å². The zero-order chi connectivity index (χ0) is 16.5. The highest BCUT2D eigenvalue weighted by molar-refractivity contribution is 5.10. The number of aliphatic hydroxyl groups is 1. The normalized spacial score (nSPS) is 14.1. The van der Waals surface area contributed by atoms with Gasteiger partial charge in [0.25, 0.3) is 0 Å². The predicted molar refractivity (Wildman–Crippen MR) is 98.8 cm³/mol. The van der Waals surface area contributed by atoms with Gasteiger partial charge in [0.15, 0.2) is 0 Å². The molecule has 22 heavy (non-hydrogen) atoms. The van der Waals surface area contributed by atoms with Crippen molar-refractivity contribution < 1.29 is 5.11 Å². The maximum absolute atomic E-state index is 9.59. The Bertz CT molecular complexity index is 287. The van der Waals surface area contributed by atoms with Gasteiger partial charge in [-0.3, -0.25) is 0 Å². The molecule has 0 aliphatic carbocycles. The first-order valence-corrected chi connectivity index (χ1v) is 9.51. The van der Waals surface area contributed by atoms with Crippen LogP contribution in [-0.2, 0) is 0 Å². The smallest absolute Gasteiger partial charge is 0.0730 e.